The van der Waals surface area contributed by atoms with Crippen LogP contribution in [0.4, 0.5) is 27.6 Å². The van der Waals surface area contributed by atoms with Crippen molar-refractivity contribution in [2.45, 2.75) is 19.6 Å². The Morgan fingerprint density at radius 3 is 2.15 bits per heavy atom. The standard InChI is InChI=1S/C18H14F5N3/c1-11-9-17(18(21,22)23)25-26(11)13-7-5-12(6-8-13)24-10-14-15(19)3-2-4-16(14)20/h2-9,24H,10H2,1H3. The molecule has 1 N–H and O–H groups in total. The van der Waals surface area contributed by atoms with E-state index < -0.39 is 23.5 Å². The van der Waals surface area contributed by atoms with Crippen molar-refractivity contribution in [1.82, 2.24) is 9.78 Å². The van der Waals surface area contributed by atoms with Crippen molar-refractivity contribution in [2.75, 3.05) is 5.32 Å². The molecule has 0 atom stereocenters. The number of hydrogen-bond acceptors (Lipinski definition) is 2. The molecule has 0 fully saturated rings. The Labute approximate surface area is 146 Å². The maximum atomic E-state index is 13.6. The maximum absolute atomic E-state index is 13.6. The summed E-state index contributed by atoms with van der Waals surface area (Å²) in [7, 11) is 0. The van der Waals surface area contributed by atoms with Crippen LogP contribution in [0.1, 0.15) is 17.0 Å². The van der Waals surface area contributed by atoms with Crippen LogP contribution in [0, 0.1) is 18.6 Å². The number of aryl methyl sites for hydroxylation is 1. The van der Waals surface area contributed by atoms with Crippen LogP contribution < -0.4 is 5.32 Å². The van der Waals surface area contributed by atoms with Crippen molar-refractivity contribution < 1.29 is 22.0 Å². The lowest BCUT2D eigenvalue weighted by Gasteiger charge is -2.10. The monoisotopic (exact) mass is 367 g/mol. The van der Waals surface area contributed by atoms with Gasteiger partial charge in [-0.3, -0.25) is 0 Å². The minimum Gasteiger partial charge on any atom is -0.381 e. The second kappa shape index (κ2) is 6.78. The molecule has 0 aliphatic carbocycles. The van der Waals surface area contributed by atoms with Gasteiger partial charge in [0.05, 0.1) is 5.69 Å². The Morgan fingerprint density at radius 2 is 1.62 bits per heavy atom. The Hall–Kier alpha value is -2.90. The number of hydrogen-bond donors (Lipinski definition) is 1. The molecule has 0 radical (unpaired) electrons. The van der Waals surface area contributed by atoms with Gasteiger partial charge >= 0.3 is 6.18 Å². The van der Waals surface area contributed by atoms with Crippen LogP contribution in [-0.4, -0.2) is 9.78 Å². The maximum Gasteiger partial charge on any atom is 0.435 e. The average Bonchev–Trinajstić information content (AvgIpc) is 2.97. The first kappa shape index (κ1) is 17.9. The second-order valence-corrected chi connectivity index (χ2v) is 5.68. The van der Waals surface area contributed by atoms with Crippen LogP contribution in [0.15, 0.2) is 48.5 Å². The van der Waals surface area contributed by atoms with Gasteiger partial charge < -0.3 is 5.32 Å². The van der Waals surface area contributed by atoms with Gasteiger partial charge in [0.15, 0.2) is 5.69 Å². The molecule has 3 nitrogen and oxygen atoms in total. The summed E-state index contributed by atoms with van der Waals surface area (Å²) in [5, 5.41) is 6.45. The van der Waals surface area contributed by atoms with Crippen LogP contribution in [-0.2, 0) is 12.7 Å². The molecule has 0 amide bonds. The summed E-state index contributed by atoms with van der Waals surface area (Å²) in [6, 6.07) is 10.9. The van der Waals surface area contributed by atoms with E-state index in [1.165, 1.54) is 29.8 Å². The van der Waals surface area contributed by atoms with E-state index in [2.05, 4.69) is 10.4 Å². The minimum atomic E-state index is -4.51. The van der Waals surface area contributed by atoms with Crippen molar-refractivity contribution in [3.8, 4) is 5.69 Å². The van der Waals surface area contributed by atoms with Crippen molar-refractivity contribution in [2.24, 2.45) is 0 Å². The molecule has 0 saturated carbocycles. The first-order valence-electron chi connectivity index (χ1n) is 7.67. The normalized spacial score (nSPS) is 11.6. The zero-order valence-electron chi connectivity index (χ0n) is 13.6. The van der Waals surface area contributed by atoms with Gasteiger partial charge in [0.25, 0.3) is 0 Å². The lowest BCUT2D eigenvalue weighted by Crippen LogP contribution is -2.07. The highest BCUT2D eigenvalue weighted by molar-refractivity contribution is 5.49. The molecular weight excluding hydrogens is 353 g/mol. The molecule has 0 aliphatic heterocycles. The summed E-state index contributed by atoms with van der Waals surface area (Å²) in [4.78, 5) is 0. The van der Waals surface area contributed by atoms with E-state index in [1.807, 2.05) is 0 Å². The predicted molar refractivity (Wildman–Crippen MR) is 87.0 cm³/mol. The predicted octanol–water partition coefficient (Wildman–Crippen LogP) is 5.09. The lowest BCUT2D eigenvalue weighted by atomic mass is 10.2. The highest BCUT2D eigenvalue weighted by atomic mass is 19.4. The van der Waals surface area contributed by atoms with Gasteiger partial charge in [-0.2, -0.15) is 18.3 Å². The molecule has 1 aromatic heterocycles. The number of nitrogens with zero attached hydrogens (tertiary/aromatic N) is 2. The molecule has 0 unspecified atom stereocenters. The fourth-order valence-corrected chi connectivity index (χ4v) is 2.49. The molecule has 3 rings (SSSR count). The Kier molecular flexibility index (Phi) is 4.67. The van der Waals surface area contributed by atoms with Crippen LogP contribution in [0.5, 0.6) is 0 Å². The van der Waals surface area contributed by atoms with E-state index in [9.17, 15) is 22.0 Å². The van der Waals surface area contributed by atoms with Crippen molar-refractivity contribution >= 4 is 5.69 Å². The first-order chi connectivity index (χ1) is 12.3. The summed E-state index contributed by atoms with van der Waals surface area (Å²) >= 11 is 0. The third kappa shape index (κ3) is 3.68. The van der Waals surface area contributed by atoms with Gasteiger partial charge in [0, 0.05) is 23.5 Å². The van der Waals surface area contributed by atoms with E-state index in [0.29, 0.717) is 17.1 Å². The number of anilines is 1. The number of alkyl halides is 3. The highest BCUT2D eigenvalue weighted by Gasteiger charge is 2.34. The average molecular weight is 367 g/mol. The first-order valence-corrected chi connectivity index (χ1v) is 7.67. The van der Waals surface area contributed by atoms with Gasteiger partial charge in [0.1, 0.15) is 11.6 Å². The Bertz CT molecular complexity index is 893. The van der Waals surface area contributed by atoms with Crippen LogP contribution in [0.3, 0.4) is 0 Å². The van der Waals surface area contributed by atoms with Gasteiger partial charge in [-0.1, -0.05) is 6.07 Å². The van der Waals surface area contributed by atoms with Crippen LogP contribution in [0.25, 0.3) is 5.69 Å². The highest BCUT2D eigenvalue weighted by Crippen LogP contribution is 2.29. The number of rotatable bonds is 4. The van der Waals surface area contributed by atoms with Gasteiger partial charge in [-0.05, 0) is 49.4 Å². The number of halogens is 5. The molecule has 2 aromatic carbocycles. The second-order valence-electron chi connectivity index (χ2n) is 5.68. The SMILES string of the molecule is Cc1cc(C(F)(F)F)nn1-c1ccc(NCc2c(F)cccc2F)cc1. The number of nitrogens with one attached hydrogen (secondary N) is 1. The largest absolute Gasteiger partial charge is 0.435 e. The summed E-state index contributed by atoms with van der Waals surface area (Å²) in [6.07, 6.45) is -4.51. The lowest BCUT2D eigenvalue weighted by molar-refractivity contribution is -0.141. The van der Waals surface area contributed by atoms with E-state index in [1.54, 1.807) is 24.3 Å². The Balaban J connectivity index is 1.76. The van der Waals surface area contributed by atoms with Gasteiger partial charge in [-0.15, -0.1) is 0 Å². The molecule has 0 spiro atoms. The van der Waals surface area contributed by atoms with Crippen molar-refractivity contribution in [3.05, 3.63) is 77.1 Å². The summed E-state index contributed by atoms with van der Waals surface area (Å²) in [6.45, 7) is 1.46. The summed E-state index contributed by atoms with van der Waals surface area (Å²) in [5.41, 5.74) is 0.297. The topological polar surface area (TPSA) is 29.9 Å². The quantitative estimate of drug-likeness (QED) is 0.651. The third-order valence-corrected chi connectivity index (χ3v) is 3.82. The number of aromatic nitrogens is 2. The minimum absolute atomic E-state index is 0.0587. The summed E-state index contributed by atoms with van der Waals surface area (Å²) < 4.78 is 66.6. The van der Waals surface area contributed by atoms with E-state index >= 15 is 0 Å². The molecule has 3 aromatic rings. The third-order valence-electron chi connectivity index (χ3n) is 3.82. The smallest absolute Gasteiger partial charge is 0.381 e. The van der Waals surface area contributed by atoms with E-state index in [4.69, 9.17) is 0 Å². The molecular formula is C18H14F5N3. The molecule has 136 valence electrons. The molecule has 0 saturated heterocycles. The fraction of sp³-hybridized carbons (Fsp3) is 0.167. The number of benzene rings is 2. The zero-order valence-corrected chi connectivity index (χ0v) is 13.6. The van der Waals surface area contributed by atoms with E-state index in [-0.39, 0.29) is 12.1 Å². The molecule has 1 heterocycles. The zero-order chi connectivity index (χ0) is 18.9. The van der Waals surface area contributed by atoms with Crippen molar-refractivity contribution in [3.63, 3.8) is 0 Å². The molecule has 0 aliphatic rings. The van der Waals surface area contributed by atoms with Gasteiger partial charge in [0.2, 0.25) is 0 Å². The summed E-state index contributed by atoms with van der Waals surface area (Å²) in [5.74, 6) is -1.30. The van der Waals surface area contributed by atoms with Crippen LogP contribution >= 0.6 is 0 Å². The molecule has 0 bridgehead atoms. The van der Waals surface area contributed by atoms with Gasteiger partial charge in [-0.25, -0.2) is 13.5 Å². The van der Waals surface area contributed by atoms with Crippen LogP contribution in [0.2, 0.25) is 0 Å². The van der Waals surface area contributed by atoms with E-state index in [0.717, 1.165) is 6.07 Å². The fourth-order valence-electron chi connectivity index (χ4n) is 2.49. The Morgan fingerprint density at radius 1 is 1.00 bits per heavy atom. The van der Waals surface area contributed by atoms with Crippen molar-refractivity contribution in [1.29, 1.82) is 0 Å². The molecule has 26 heavy (non-hydrogen) atoms. The molecule has 8 heteroatoms.